The molecule has 3 aromatic rings. The van der Waals surface area contributed by atoms with Gasteiger partial charge >= 0.3 is 6.01 Å². The van der Waals surface area contributed by atoms with E-state index in [-0.39, 0.29) is 16.9 Å². The molecule has 9 heteroatoms. The first kappa shape index (κ1) is 26.1. The lowest BCUT2D eigenvalue weighted by Gasteiger charge is -2.38. The fourth-order valence-electron chi connectivity index (χ4n) is 8.34. The summed E-state index contributed by atoms with van der Waals surface area (Å²) in [5, 5.41) is 15.7. The Labute approximate surface area is 245 Å². The molecule has 0 saturated carbocycles. The highest BCUT2D eigenvalue weighted by Crippen LogP contribution is 2.41. The van der Waals surface area contributed by atoms with Crippen molar-refractivity contribution in [3.63, 3.8) is 0 Å². The average Bonchev–Trinajstić information content (AvgIpc) is 3.68. The molecule has 4 saturated heterocycles. The van der Waals surface area contributed by atoms with E-state index in [2.05, 4.69) is 25.9 Å². The van der Waals surface area contributed by atoms with Crippen LogP contribution in [0.5, 0.6) is 11.8 Å². The molecule has 2 bridgehead atoms. The molecular formula is C33H37FN6O2. The van der Waals surface area contributed by atoms with Crippen LogP contribution in [0.15, 0.2) is 24.3 Å². The van der Waals surface area contributed by atoms with Gasteiger partial charge in [0.05, 0.1) is 23.3 Å². The van der Waals surface area contributed by atoms with E-state index in [4.69, 9.17) is 21.1 Å². The van der Waals surface area contributed by atoms with Crippen LogP contribution in [0.3, 0.4) is 0 Å². The van der Waals surface area contributed by atoms with Crippen molar-refractivity contribution in [2.75, 3.05) is 49.1 Å². The zero-order chi connectivity index (χ0) is 28.4. The molecule has 2 N–H and O–H groups in total. The maximum atomic E-state index is 14.8. The molecule has 0 aliphatic carbocycles. The number of ether oxygens (including phenoxy) is 1. The van der Waals surface area contributed by atoms with E-state index >= 15 is 0 Å². The van der Waals surface area contributed by atoms with Crippen LogP contribution < -0.4 is 19.9 Å². The molecule has 218 valence electrons. The van der Waals surface area contributed by atoms with Crippen molar-refractivity contribution >= 4 is 22.3 Å². The Hall–Kier alpha value is -3.61. The van der Waals surface area contributed by atoms with E-state index < -0.39 is 5.82 Å². The molecule has 6 heterocycles. The Morgan fingerprint density at radius 2 is 1.86 bits per heavy atom. The van der Waals surface area contributed by atoms with Gasteiger partial charge in [0.1, 0.15) is 24.0 Å². The molecule has 2 atom stereocenters. The number of terminal acetylenes is 1. The van der Waals surface area contributed by atoms with Gasteiger partial charge in [0.2, 0.25) is 0 Å². The lowest BCUT2D eigenvalue weighted by atomic mass is 9.95. The number of nitrogens with zero attached hydrogens (tertiary/aromatic N) is 5. The molecule has 4 fully saturated rings. The Morgan fingerprint density at radius 3 is 2.62 bits per heavy atom. The number of halogens is 1. The lowest BCUT2D eigenvalue weighted by Crippen LogP contribution is -2.52. The predicted molar refractivity (Wildman–Crippen MR) is 161 cm³/mol. The SMILES string of the molecule is C#Cc1c(F)ccc2cc(O)cc(N3CCc4c(nc(OCC56CCCN5CCC6)nc4N4CC5CCC(C4)N5)C3)c12. The van der Waals surface area contributed by atoms with Crippen LogP contribution in [-0.4, -0.2) is 76.9 Å². The van der Waals surface area contributed by atoms with Crippen LogP contribution in [0, 0.1) is 18.2 Å². The van der Waals surface area contributed by atoms with Gasteiger partial charge in [-0.2, -0.15) is 9.97 Å². The van der Waals surface area contributed by atoms with E-state index in [1.165, 1.54) is 44.6 Å². The second-order valence-electron chi connectivity index (χ2n) is 12.8. The van der Waals surface area contributed by atoms with E-state index in [1.807, 2.05) is 0 Å². The van der Waals surface area contributed by atoms with Crippen LogP contribution in [0.4, 0.5) is 15.9 Å². The molecule has 5 aliphatic rings. The Bertz CT molecular complexity index is 1580. The number of phenols is 1. The van der Waals surface area contributed by atoms with Crippen molar-refractivity contribution in [1.82, 2.24) is 20.2 Å². The van der Waals surface area contributed by atoms with E-state index in [0.717, 1.165) is 55.4 Å². The topological polar surface area (TPSA) is 77.0 Å². The summed E-state index contributed by atoms with van der Waals surface area (Å²) >= 11 is 0. The van der Waals surface area contributed by atoms with Crippen molar-refractivity contribution in [1.29, 1.82) is 0 Å². The Morgan fingerprint density at radius 1 is 1.07 bits per heavy atom. The average molecular weight is 569 g/mol. The number of aromatic nitrogens is 2. The molecule has 0 radical (unpaired) electrons. The van der Waals surface area contributed by atoms with E-state index in [1.54, 1.807) is 18.2 Å². The number of nitrogens with one attached hydrogen (secondary N) is 1. The molecule has 5 aliphatic heterocycles. The highest BCUT2D eigenvalue weighted by molar-refractivity contribution is 6.00. The normalized spacial score (nSPS) is 24.6. The third-order valence-electron chi connectivity index (χ3n) is 10.3. The molecule has 42 heavy (non-hydrogen) atoms. The smallest absolute Gasteiger partial charge is 0.318 e. The number of benzene rings is 2. The molecule has 0 amide bonds. The summed E-state index contributed by atoms with van der Waals surface area (Å²) in [5.41, 5.74) is 3.13. The molecule has 1 aromatic heterocycles. The van der Waals surface area contributed by atoms with Crippen LogP contribution in [-0.2, 0) is 13.0 Å². The van der Waals surface area contributed by atoms with Crippen LogP contribution in [0.2, 0.25) is 0 Å². The van der Waals surface area contributed by atoms with Crippen molar-refractivity contribution in [3.05, 3.63) is 46.9 Å². The van der Waals surface area contributed by atoms with Crippen molar-refractivity contribution < 1.29 is 14.2 Å². The minimum absolute atomic E-state index is 0.107. The highest BCUT2D eigenvalue weighted by atomic mass is 19.1. The van der Waals surface area contributed by atoms with E-state index in [0.29, 0.717) is 48.6 Å². The summed E-state index contributed by atoms with van der Waals surface area (Å²) in [4.78, 5) is 17.3. The Balaban J connectivity index is 1.17. The van der Waals surface area contributed by atoms with Gasteiger partial charge in [-0.15, -0.1) is 6.42 Å². The van der Waals surface area contributed by atoms with Gasteiger partial charge < -0.3 is 25.0 Å². The van der Waals surface area contributed by atoms with Crippen LogP contribution in [0.1, 0.15) is 55.3 Å². The third-order valence-corrected chi connectivity index (χ3v) is 10.3. The second-order valence-corrected chi connectivity index (χ2v) is 12.8. The number of anilines is 2. The summed E-state index contributed by atoms with van der Waals surface area (Å²) < 4.78 is 21.3. The summed E-state index contributed by atoms with van der Waals surface area (Å²) in [7, 11) is 0. The van der Waals surface area contributed by atoms with Gasteiger partial charge in [-0.25, -0.2) is 4.39 Å². The van der Waals surface area contributed by atoms with Gasteiger partial charge in [0.25, 0.3) is 0 Å². The molecule has 0 spiro atoms. The van der Waals surface area contributed by atoms with Crippen LogP contribution in [0.25, 0.3) is 10.8 Å². The zero-order valence-electron chi connectivity index (χ0n) is 23.9. The number of aromatic hydroxyl groups is 1. The van der Waals surface area contributed by atoms with Crippen molar-refractivity contribution in [3.8, 4) is 24.1 Å². The number of hydrogen-bond donors (Lipinski definition) is 2. The van der Waals surface area contributed by atoms with E-state index in [9.17, 15) is 9.50 Å². The van der Waals surface area contributed by atoms with Gasteiger partial charge in [-0.05, 0) is 75.6 Å². The largest absolute Gasteiger partial charge is 0.508 e. The van der Waals surface area contributed by atoms with Gasteiger partial charge in [-0.3, -0.25) is 4.90 Å². The minimum Gasteiger partial charge on any atom is -0.508 e. The summed E-state index contributed by atoms with van der Waals surface area (Å²) in [6, 6.07) is 7.78. The number of rotatable bonds is 5. The number of fused-ring (bicyclic) bond motifs is 5. The van der Waals surface area contributed by atoms with Crippen molar-refractivity contribution in [2.45, 2.75) is 69.1 Å². The third kappa shape index (κ3) is 4.26. The number of piperazine rings is 1. The molecular weight excluding hydrogens is 531 g/mol. The highest BCUT2D eigenvalue weighted by Gasteiger charge is 2.45. The van der Waals surface area contributed by atoms with Crippen molar-refractivity contribution in [2.24, 2.45) is 0 Å². The molecule has 8 rings (SSSR count). The maximum absolute atomic E-state index is 14.8. The summed E-state index contributed by atoms with van der Waals surface area (Å²) in [6.45, 7) is 5.96. The maximum Gasteiger partial charge on any atom is 0.318 e. The van der Waals surface area contributed by atoms with Gasteiger partial charge in [0.15, 0.2) is 0 Å². The quantitative estimate of drug-likeness (QED) is 0.448. The fraction of sp³-hybridized carbons (Fsp3) is 0.515. The fourth-order valence-corrected chi connectivity index (χ4v) is 8.34. The first-order chi connectivity index (χ1) is 20.5. The predicted octanol–water partition coefficient (Wildman–Crippen LogP) is 3.97. The molecule has 2 aromatic carbocycles. The second kappa shape index (κ2) is 9.99. The first-order valence-corrected chi connectivity index (χ1v) is 15.5. The monoisotopic (exact) mass is 568 g/mol. The van der Waals surface area contributed by atoms with Gasteiger partial charge in [0, 0.05) is 54.4 Å². The Kier molecular flexibility index (Phi) is 6.20. The van der Waals surface area contributed by atoms with Crippen LogP contribution >= 0.6 is 0 Å². The zero-order valence-corrected chi connectivity index (χ0v) is 23.9. The van der Waals surface area contributed by atoms with Gasteiger partial charge in [-0.1, -0.05) is 12.0 Å². The minimum atomic E-state index is -0.435. The standard InChI is InChI=1S/C33H37FN6O2/c1-2-25-27(34)8-5-21-15-24(41)16-29(30(21)25)38-14-9-26-28(19-38)36-32(42-20-33-10-3-12-40(33)13-4-11-33)37-31(26)39-17-22-6-7-23(18-39)35-22/h1,5,8,15-16,22-23,35,41H,3-4,6-7,9-14,17-20H2. The number of phenolic OH excluding ortho intramolecular Hbond substituents is 1. The molecule has 2 unspecified atom stereocenters. The first-order valence-electron chi connectivity index (χ1n) is 15.5. The summed E-state index contributed by atoms with van der Waals surface area (Å²) in [5.74, 6) is 3.23. The summed E-state index contributed by atoms with van der Waals surface area (Å²) in [6.07, 6.45) is 13.7. The number of hydrogen-bond acceptors (Lipinski definition) is 8. The lowest BCUT2D eigenvalue weighted by molar-refractivity contribution is 0.107. The molecule has 8 nitrogen and oxygen atoms in total.